The zero-order chi connectivity index (χ0) is 11.8. The molecule has 0 spiro atoms. The van der Waals surface area contributed by atoms with Crippen LogP contribution in [0.15, 0.2) is 36.7 Å². The molecular formula is C13H11N3S. The maximum absolute atomic E-state index is 5.73. The Bertz CT molecular complexity index is 688. The van der Waals surface area contributed by atoms with E-state index in [4.69, 9.17) is 5.73 Å². The van der Waals surface area contributed by atoms with Crippen LogP contribution in [0.25, 0.3) is 20.8 Å². The molecule has 1 aromatic carbocycles. The molecule has 2 heterocycles. The number of thiazole rings is 1. The highest BCUT2D eigenvalue weighted by atomic mass is 32.1. The van der Waals surface area contributed by atoms with Crippen molar-refractivity contribution in [2.24, 2.45) is 0 Å². The van der Waals surface area contributed by atoms with Gasteiger partial charge in [0.2, 0.25) is 0 Å². The second kappa shape index (κ2) is 3.82. The third kappa shape index (κ3) is 1.76. The largest absolute Gasteiger partial charge is 0.397 e. The fraction of sp³-hybridized carbons (Fsp3) is 0.0769. The molecule has 0 bridgehead atoms. The van der Waals surface area contributed by atoms with Gasteiger partial charge < -0.3 is 5.73 Å². The SMILES string of the molecule is Cc1cccc2sc(-c3cncc(N)c3)nc12. The first kappa shape index (κ1) is 10.2. The fourth-order valence-corrected chi connectivity index (χ4v) is 2.81. The smallest absolute Gasteiger partial charge is 0.126 e. The lowest BCUT2D eigenvalue weighted by molar-refractivity contribution is 1.32. The Morgan fingerprint density at radius 2 is 2.12 bits per heavy atom. The van der Waals surface area contributed by atoms with Crippen molar-refractivity contribution in [1.29, 1.82) is 0 Å². The number of aromatic nitrogens is 2. The van der Waals surface area contributed by atoms with E-state index in [2.05, 4.69) is 35.1 Å². The summed E-state index contributed by atoms with van der Waals surface area (Å²) in [5.41, 5.74) is 9.64. The average Bonchev–Trinajstić information content (AvgIpc) is 2.74. The number of hydrogen-bond donors (Lipinski definition) is 1. The lowest BCUT2D eigenvalue weighted by Gasteiger charge is -1.96. The van der Waals surface area contributed by atoms with Gasteiger partial charge in [-0.1, -0.05) is 12.1 Å². The Kier molecular flexibility index (Phi) is 2.30. The van der Waals surface area contributed by atoms with Gasteiger partial charge in [-0.3, -0.25) is 4.98 Å². The molecule has 2 aromatic heterocycles. The summed E-state index contributed by atoms with van der Waals surface area (Å²) in [6.07, 6.45) is 3.44. The van der Waals surface area contributed by atoms with Crippen LogP contribution in [0, 0.1) is 6.92 Å². The highest BCUT2D eigenvalue weighted by Crippen LogP contribution is 2.31. The van der Waals surface area contributed by atoms with Crippen molar-refractivity contribution in [2.45, 2.75) is 6.92 Å². The van der Waals surface area contributed by atoms with Crippen molar-refractivity contribution >= 4 is 27.2 Å². The van der Waals surface area contributed by atoms with Gasteiger partial charge in [-0.15, -0.1) is 11.3 Å². The second-order valence-electron chi connectivity index (χ2n) is 3.95. The molecule has 0 saturated carbocycles. The first-order chi connectivity index (χ1) is 8.24. The average molecular weight is 241 g/mol. The highest BCUT2D eigenvalue weighted by molar-refractivity contribution is 7.21. The Morgan fingerprint density at radius 1 is 1.24 bits per heavy atom. The number of hydrogen-bond acceptors (Lipinski definition) is 4. The topological polar surface area (TPSA) is 51.8 Å². The molecule has 3 nitrogen and oxygen atoms in total. The van der Waals surface area contributed by atoms with Crippen molar-refractivity contribution in [3.05, 3.63) is 42.2 Å². The molecule has 3 aromatic rings. The number of anilines is 1. The molecule has 0 fully saturated rings. The van der Waals surface area contributed by atoms with Crippen molar-refractivity contribution in [3.8, 4) is 10.6 Å². The quantitative estimate of drug-likeness (QED) is 0.711. The van der Waals surface area contributed by atoms with Crippen LogP contribution in [-0.2, 0) is 0 Å². The van der Waals surface area contributed by atoms with Crippen LogP contribution in [0.1, 0.15) is 5.56 Å². The maximum Gasteiger partial charge on any atom is 0.126 e. The van der Waals surface area contributed by atoms with Crippen LogP contribution >= 0.6 is 11.3 Å². The number of pyridine rings is 1. The molecular weight excluding hydrogens is 230 g/mol. The maximum atomic E-state index is 5.73. The van der Waals surface area contributed by atoms with Crippen LogP contribution in [0.3, 0.4) is 0 Å². The number of fused-ring (bicyclic) bond motifs is 1. The van der Waals surface area contributed by atoms with E-state index < -0.39 is 0 Å². The molecule has 0 unspecified atom stereocenters. The molecule has 84 valence electrons. The minimum Gasteiger partial charge on any atom is -0.397 e. The predicted molar refractivity (Wildman–Crippen MR) is 72.0 cm³/mol. The van der Waals surface area contributed by atoms with Gasteiger partial charge >= 0.3 is 0 Å². The van der Waals surface area contributed by atoms with E-state index >= 15 is 0 Å². The summed E-state index contributed by atoms with van der Waals surface area (Å²) < 4.78 is 1.20. The molecule has 4 heteroatoms. The zero-order valence-electron chi connectivity index (χ0n) is 9.34. The van der Waals surface area contributed by atoms with Gasteiger partial charge in [0, 0.05) is 18.0 Å². The number of para-hydroxylation sites is 1. The number of benzene rings is 1. The number of nitrogen functional groups attached to an aromatic ring is 1. The fourth-order valence-electron chi connectivity index (χ4n) is 1.78. The van der Waals surface area contributed by atoms with Crippen LogP contribution in [-0.4, -0.2) is 9.97 Å². The molecule has 0 amide bonds. The van der Waals surface area contributed by atoms with E-state index in [1.54, 1.807) is 23.7 Å². The summed E-state index contributed by atoms with van der Waals surface area (Å²) in [5.74, 6) is 0. The van der Waals surface area contributed by atoms with Crippen LogP contribution in [0.2, 0.25) is 0 Å². The van der Waals surface area contributed by atoms with Crippen molar-refractivity contribution < 1.29 is 0 Å². The van der Waals surface area contributed by atoms with E-state index in [0.29, 0.717) is 5.69 Å². The van der Waals surface area contributed by atoms with E-state index in [0.717, 1.165) is 16.1 Å². The van der Waals surface area contributed by atoms with Gasteiger partial charge in [0.25, 0.3) is 0 Å². The zero-order valence-corrected chi connectivity index (χ0v) is 10.2. The molecule has 0 atom stereocenters. The van der Waals surface area contributed by atoms with Crippen molar-refractivity contribution in [3.63, 3.8) is 0 Å². The lowest BCUT2D eigenvalue weighted by atomic mass is 10.2. The lowest BCUT2D eigenvalue weighted by Crippen LogP contribution is -1.87. The Balaban J connectivity index is 2.22. The first-order valence-corrected chi connectivity index (χ1v) is 6.13. The van der Waals surface area contributed by atoms with E-state index in [1.165, 1.54) is 10.3 Å². The Morgan fingerprint density at radius 3 is 2.88 bits per heavy atom. The Labute approximate surface area is 103 Å². The van der Waals surface area contributed by atoms with Gasteiger partial charge in [0.1, 0.15) is 5.01 Å². The van der Waals surface area contributed by atoms with Gasteiger partial charge in [-0.2, -0.15) is 0 Å². The number of nitrogens with zero attached hydrogens (tertiary/aromatic N) is 2. The first-order valence-electron chi connectivity index (χ1n) is 5.31. The predicted octanol–water partition coefficient (Wildman–Crippen LogP) is 3.25. The van der Waals surface area contributed by atoms with Gasteiger partial charge in [-0.05, 0) is 24.6 Å². The van der Waals surface area contributed by atoms with Crippen molar-refractivity contribution in [1.82, 2.24) is 9.97 Å². The standard InChI is InChI=1S/C13H11N3S/c1-8-3-2-4-11-12(8)16-13(17-11)9-5-10(14)7-15-6-9/h2-7H,14H2,1H3. The molecule has 0 radical (unpaired) electrons. The molecule has 3 rings (SSSR count). The Hall–Kier alpha value is -1.94. The second-order valence-corrected chi connectivity index (χ2v) is 4.98. The minimum atomic E-state index is 0.665. The molecule has 0 aliphatic heterocycles. The van der Waals surface area contributed by atoms with Crippen molar-refractivity contribution in [2.75, 3.05) is 5.73 Å². The third-order valence-corrected chi connectivity index (χ3v) is 3.70. The molecule has 0 saturated heterocycles. The molecule has 17 heavy (non-hydrogen) atoms. The van der Waals surface area contributed by atoms with E-state index in [1.807, 2.05) is 6.07 Å². The summed E-state index contributed by atoms with van der Waals surface area (Å²) in [6.45, 7) is 2.07. The molecule has 2 N–H and O–H groups in total. The monoisotopic (exact) mass is 241 g/mol. The molecule has 0 aliphatic rings. The minimum absolute atomic E-state index is 0.665. The number of aryl methyl sites for hydroxylation is 1. The van der Waals surface area contributed by atoms with E-state index in [-0.39, 0.29) is 0 Å². The third-order valence-electron chi connectivity index (χ3n) is 2.63. The summed E-state index contributed by atoms with van der Waals surface area (Å²) in [5, 5.41) is 0.967. The van der Waals surface area contributed by atoms with E-state index in [9.17, 15) is 0 Å². The van der Waals surface area contributed by atoms with Gasteiger partial charge in [0.15, 0.2) is 0 Å². The van der Waals surface area contributed by atoms with Gasteiger partial charge in [0.05, 0.1) is 15.9 Å². The molecule has 0 aliphatic carbocycles. The number of nitrogens with two attached hydrogens (primary N) is 1. The normalized spacial score (nSPS) is 10.9. The highest BCUT2D eigenvalue weighted by Gasteiger charge is 2.08. The van der Waals surface area contributed by atoms with Gasteiger partial charge in [-0.25, -0.2) is 4.98 Å². The summed E-state index contributed by atoms with van der Waals surface area (Å²) >= 11 is 1.67. The van der Waals surface area contributed by atoms with Crippen LogP contribution in [0.5, 0.6) is 0 Å². The summed E-state index contributed by atoms with van der Waals surface area (Å²) in [6, 6.07) is 8.12. The van der Waals surface area contributed by atoms with Crippen LogP contribution < -0.4 is 5.73 Å². The van der Waals surface area contributed by atoms with Crippen LogP contribution in [0.4, 0.5) is 5.69 Å². The summed E-state index contributed by atoms with van der Waals surface area (Å²) in [4.78, 5) is 8.74. The number of rotatable bonds is 1. The summed E-state index contributed by atoms with van der Waals surface area (Å²) in [7, 11) is 0.